The van der Waals surface area contributed by atoms with Crippen molar-refractivity contribution in [3.63, 3.8) is 0 Å². The molecule has 0 radical (unpaired) electrons. The van der Waals surface area contributed by atoms with Gasteiger partial charge in [0.2, 0.25) is 5.91 Å². The summed E-state index contributed by atoms with van der Waals surface area (Å²) in [6.07, 6.45) is 4.01. The van der Waals surface area contributed by atoms with Crippen molar-refractivity contribution in [1.29, 1.82) is 0 Å². The summed E-state index contributed by atoms with van der Waals surface area (Å²) in [5.41, 5.74) is 2.21. The second-order valence-corrected chi connectivity index (χ2v) is 7.50. The first-order chi connectivity index (χ1) is 13.2. The number of benzene rings is 1. The molecule has 27 heavy (non-hydrogen) atoms. The number of nitrogens with one attached hydrogen (secondary N) is 1. The van der Waals surface area contributed by atoms with E-state index in [9.17, 15) is 4.79 Å². The van der Waals surface area contributed by atoms with Gasteiger partial charge < -0.3 is 10.2 Å². The van der Waals surface area contributed by atoms with Crippen molar-refractivity contribution < 1.29 is 4.79 Å². The van der Waals surface area contributed by atoms with Crippen LogP contribution in [0.2, 0.25) is 0 Å². The molecule has 0 bridgehead atoms. The van der Waals surface area contributed by atoms with Crippen LogP contribution < -0.4 is 10.2 Å². The fourth-order valence-corrected chi connectivity index (χ4v) is 3.70. The van der Waals surface area contributed by atoms with Gasteiger partial charge in [0.15, 0.2) is 11.0 Å². The van der Waals surface area contributed by atoms with E-state index >= 15 is 0 Å². The highest BCUT2D eigenvalue weighted by Gasteiger charge is 2.23. The largest absolute Gasteiger partial charge is 0.372 e. The maximum absolute atomic E-state index is 12.0. The number of allylic oxidation sites excluding steroid dienone is 1. The molecule has 1 aromatic heterocycles. The SMILES string of the molecule is C=CCn1c(SCC(=O)NC2CC2)nnc1-c1ccc(N(CC)CC)cc1. The lowest BCUT2D eigenvalue weighted by atomic mass is 10.2. The van der Waals surface area contributed by atoms with Gasteiger partial charge in [0.05, 0.1) is 5.75 Å². The Labute approximate surface area is 165 Å². The topological polar surface area (TPSA) is 63.1 Å². The summed E-state index contributed by atoms with van der Waals surface area (Å²) in [6.45, 7) is 10.7. The van der Waals surface area contributed by atoms with Crippen molar-refractivity contribution in [2.75, 3.05) is 23.7 Å². The normalized spacial score (nSPS) is 13.4. The predicted octanol–water partition coefficient (Wildman–Crippen LogP) is 3.35. The summed E-state index contributed by atoms with van der Waals surface area (Å²) >= 11 is 1.42. The van der Waals surface area contributed by atoms with Gasteiger partial charge >= 0.3 is 0 Å². The quantitative estimate of drug-likeness (QED) is 0.502. The number of nitrogens with zero attached hydrogens (tertiary/aromatic N) is 4. The third-order valence-electron chi connectivity index (χ3n) is 4.56. The molecule has 1 saturated carbocycles. The molecule has 0 saturated heterocycles. The van der Waals surface area contributed by atoms with Gasteiger partial charge in [-0.2, -0.15) is 0 Å². The fraction of sp³-hybridized carbons (Fsp3) is 0.450. The van der Waals surface area contributed by atoms with E-state index in [2.05, 4.69) is 65.1 Å². The zero-order valence-corrected chi connectivity index (χ0v) is 16.8. The van der Waals surface area contributed by atoms with Crippen molar-refractivity contribution >= 4 is 23.4 Å². The minimum Gasteiger partial charge on any atom is -0.372 e. The van der Waals surface area contributed by atoms with E-state index in [0.29, 0.717) is 18.3 Å². The maximum atomic E-state index is 12.0. The molecule has 0 spiro atoms. The molecular weight excluding hydrogens is 358 g/mol. The average molecular weight is 386 g/mol. The molecule has 1 aliphatic carbocycles. The van der Waals surface area contributed by atoms with Gasteiger partial charge in [-0.1, -0.05) is 17.8 Å². The summed E-state index contributed by atoms with van der Waals surface area (Å²) in [4.78, 5) is 14.3. The number of hydrogen-bond donors (Lipinski definition) is 1. The highest BCUT2D eigenvalue weighted by atomic mass is 32.2. The van der Waals surface area contributed by atoms with Crippen molar-refractivity contribution in [2.24, 2.45) is 0 Å². The van der Waals surface area contributed by atoms with E-state index in [1.54, 1.807) is 0 Å². The summed E-state index contributed by atoms with van der Waals surface area (Å²) in [5.74, 6) is 1.21. The monoisotopic (exact) mass is 385 g/mol. The first-order valence-corrected chi connectivity index (χ1v) is 10.5. The van der Waals surface area contributed by atoms with Crippen LogP contribution in [0, 0.1) is 0 Å². The number of carbonyl (C=O) groups excluding carboxylic acids is 1. The molecule has 7 heteroatoms. The molecule has 1 fully saturated rings. The van der Waals surface area contributed by atoms with Gasteiger partial charge in [-0.25, -0.2) is 0 Å². The second kappa shape index (κ2) is 9.08. The number of aromatic nitrogens is 3. The Morgan fingerprint density at radius 1 is 1.30 bits per heavy atom. The molecule has 2 aromatic rings. The molecule has 1 aliphatic rings. The van der Waals surface area contributed by atoms with Gasteiger partial charge in [0.25, 0.3) is 0 Å². The number of carbonyl (C=O) groups is 1. The zero-order chi connectivity index (χ0) is 19.2. The number of amides is 1. The van der Waals surface area contributed by atoms with Crippen molar-refractivity contribution in [2.45, 2.75) is 44.4 Å². The van der Waals surface area contributed by atoms with Crippen LogP contribution in [0.15, 0.2) is 42.1 Å². The Bertz CT molecular complexity index is 778. The van der Waals surface area contributed by atoms with Crippen LogP contribution in [0.3, 0.4) is 0 Å². The summed E-state index contributed by atoms with van der Waals surface area (Å²) in [6, 6.07) is 8.76. The molecule has 1 N–H and O–H groups in total. The number of hydrogen-bond acceptors (Lipinski definition) is 5. The third-order valence-corrected chi connectivity index (χ3v) is 5.52. The summed E-state index contributed by atoms with van der Waals surface area (Å²) in [7, 11) is 0. The van der Waals surface area contributed by atoms with Crippen molar-refractivity contribution in [3.05, 3.63) is 36.9 Å². The van der Waals surface area contributed by atoms with E-state index in [1.807, 2.05) is 10.6 Å². The number of anilines is 1. The molecule has 6 nitrogen and oxygen atoms in total. The van der Waals surface area contributed by atoms with Gasteiger partial charge in [-0.15, -0.1) is 16.8 Å². The van der Waals surface area contributed by atoms with Crippen LogP contribution in [-0.4, -0.2) is 45.6 Å². The number of thioether (sulfide) groups is 1. The molecular formula is C20H27N5OS. The van der Waals surface area contributed by atoms with Gasteiger partial charge in [-0.05, 0) is 51.0 Å². The van der Waals surface area contributed by atoms with Gasteiger partial charge in [0, 0.05) is 36.9 Å². The summed E-state index contributed by atoms with van der Waals surface area (Å²) in [5, 5.41) is 12.4. The fourth-order valence-electron chi connectivity index (χ4n) is 2.94. The maximum Gasteiger partial charge on any atom is 0.230 e. The summed E-state index contributed by atoms with van der Waals surface area (Å²) < 4.78 is 2.01. The molecule has 0 aliphatic heterocycles. The first-order valence-electron chi connectivity index (χ1n) is 9.47. The number of rotatable bonds is 10. The lowest BCUT2D eigenvalue weighted by molar-refractivity contribution is -0.118. The lowest BCUT2D eigenvalue weighted by Crippen LogP contribution is -2.27. The van der Waals surface area contributed by atoms with E-state index < -0.39 is 0 Å². The molecule has 0 unspecified atom stereocenters. The Morgan fingerprint density at radius 2 is 2.00 bits per heavy atom. The van der Waals surface area contributed by atoms with E-state index in [-0.39, 0.29) is 5.91 Å². The highest BCUT2D eigenvalue weighted by molar-refractivity contribution is 7.99. The third kappa shape index (κ3) is 4.91. The van der Waals surface area contributed by atoms with E-state index in [0.717, 1.165) is 42.5 Å². The van der Waals surface area contributed by atoms with E-state index in [4.69, 9.17) is 0 Å². The molecule has 1 heterocycles. The predicted molar refractivity (Wildman–Crippen MR) is 111 cm³/mol. The molecule has 1 aromatic carbocycles. The first kappa shape index (κ1) is 19.5. The Morgan fingerprint density at radius 3 is 2.59 bits per heavy atom. The smallest absolute Gasteiger partial charge is 0.230 e. The van der Waals surface area contributed by atoms with Crippen LogP contribution in [-0.2, 0) is 11.3 Å². The minimum atomic E-state index is 0.0563. The Hall–Kier alpha value is -2.28. The van der Waals surface area contributed by atoms with Crippen LogP contribution in [0.1, 0.15) is 26.7 Å². The van der Waals surface area contributed by atoms with Crippen LogP contribution in [0.5, 0.6) is 0 Å². The molecule has 1 amide bonds. The highest BCUT2D eigenvalue weighted by Crippen LogP contribution is 2.26. The minimum absolute atomic E-state index is 0.0563. The van der Waals surface area contributed by atoms with E-state index in [1.165, 1.54) is 17.4 Å². The lowest BCUT2D eigenvalue weighted by Gasteiger charge is -2.21. The van der Waals surface area contributed by atoms with Crippen molar-refractivity contribution in [1.82, 2.24) is 20.1 Å². The zero-order valence-electron chi connectivity index (χ0n) is 16.0. The Kier molecular flexibility index (Phi) is 6.55. The molecule has 3 rings (SSSR count). The second-order valence-electron chi connectivity index (χ2n) is 6.56. The van der Waals surface area contributed by atoms with Gasteiger partial charge in [-0.3, -0.25) is 9.36 Å². The van der Waals surface area contributed by atoms with Crippen molar-refractivity contribution in [3.8, 4) is 11.4 Å². The molecule has 0 atom stereocenters. The average Bonchev–Trinajstić information content (AvgIpc) is 3.40. The molecule has 144 valence electrons. The Balaban J connectivity index is 1.75. The van der Waals surface area contributed by atoms with Crippen LogP contribution in [0.25, 0.3) is 11.4 Å². The van der Waals surface area contributed by atoms with Crippen LogP contribution in [0.4, 0.5) is 5.69 Å². The standard InChI is InChI=1S/C20H27N5OS/c1-4-13-25-19(15-7-11-17(12-8-15)24(5-2)6-3)22-23-20(25)27-14-18(26)21-16-9-10-16/h4,7-8,11-12,16H,1,5-6,9-10,13-14H2,2-3H3,(H,21,26). The van der Waals surface area contributed by atoms with Crippen LogP contribution >= 0.6 is 11.8 Å². The van der Waals surface area contributed by atoms with Gasteiger partial charge in [0.1, 0.15) is 0 Å².